The van der Waals surface area contributed by atoms with Crippen molar-refractivity contribution in [2.24, 2.45) is 5.92 Å². The average Bonchev–Trinajstić information content (AvgIpc) is 3.10. The van der Waals surface area contributed by atoms with Crippen LogP contribution in [-0.4, -0.2) is 39.7 Å². The molecular formula is C14H22N4O3. The monoisotopic (exact) mass is 294 g/mol. The Morgan fingerprint density at radius 1 is 1.43 bits per heavy atom. The van der Waals surface area contributed by atoms with E-state index in [4.69, 9.17) is 5.11 Å². The summed E-state index contributed by atoms with van der Waals surface area (Å²) < 4.78 is 0. The lowest BCUT2D eigenvalue weighted by atomic mass is 10.0. The Hall–Kier alpha value is -2.05. The molecule has 0 spiro atoms. The summed E-state index contributed by atoms with van der Waals surface area (Å²) >= 11 is 0. The Labute approximate surface area is 123 Å². The zero-order valence-electron chi connectivity index (χ0n) is 12.0. The van der Waals surface area contributed by atoms with Crippen molar-refractivity contribution in [3.05, 3.63) is 18.2 Å². The van der Waals surface area contributed by atoms with Crippen LogP contribution in [0.2, 0.25) is 0 Å². The quantitative estimate of drug-likeness (QED) is 0.607. The average molecular weight is 294 g/mol. The first kappa shape index (κ1) is 15.3. The molecule has 1 saturated carbocycles. The van der Waals surface area contributed by atoms with Gasteiger partial charge in [0.1, 0.15) is 6.04 Å². The van der Waals surface area contributed by atoms with E-state index in [0.717, 1.165) is 6.42 Å². The number of imidazole rings is 1. The topological polar surface area (TPSA) is 107 Å². The highest BCUT2D eigenvalue weighted by Crippen LogP contribution is 2.26. The molecule has 0 aromatic carbocycles. The van der Waals surface area contributed by atoms with Crippen molar-refractivity contribution in [2.45, 2.75) is 44.6 Å². The maximum Gasteiger partial charge on any atom is 0.326 e. The number of amides is 2. The highest BCUT2D eigenvalue weighted by Gasteiger charge is 2.21. The molecule has 1 aliphatic rings. The number of hydrogen-bond donors (Lipinski definition) is 4. The number of aliphatic carboxylic acids is 1. The second-order valence-corrected chi connectivity index (χ2v) is 5.51. The minimum atomic E-state index is -1.06. The molecule has 21 heavy (non-hydrogen) atoms. The first-order valence-corrected chi connectivity index (χ1v) is 7.39. The molecule has 7 nitrogen and oxygen atoms in total. The molecule has 116 valence electrons. The molecule has 0 radical (unpaired) electrons. The predicted molar refractivity (Wildman–Crippen MR) is 76.8 cm³/mol. The molecule has 1 fully saturated rings. The first-order valence-electron chi connectivity index (χ1n) is 7.39. The zero-order chi connectivity index (χ0) is 15.1. The summed E-state index contributed by atoms with van der Waals surface area (Å²) in [5.74, 6) is -0.360. The summed E-state index contributed by atoms with van der Waals surface area (Å²) in [5.41, 5.74) is 0.675. The molecule has 0 aliphatic heterocycles. The molecule has 2 amide bonds. The van der Waals surface area contributed by atoms with E-state index in [9.17, 15) is 9.59 Å². The fraction of sp³-hybridized carbons (Fsp3) is 0.643. The molecule has 0 saturated heterocycles. The number of urea groups is 1. The van der Waals surface area contributed by atoms with Crippen molar-refractivity contribution in [2.75, 3.05) is 6.54 Å². The molecular weight excluding hydrogens is 272 g/mol. The SMILES string of the molecule is O=C(NCCC1CCCC1)NC(Cc1cnc[nH]1)C(=O)O. The number of carbonyl (C=O) groups is 2. The Balaban J connectivity index is 1.71. The molecule has 1 heterocycles. The summed E-state index contributed by atoms with van der Waals surface area (Å²) in [6.45, 7) is 0.590. The normalized spacial score (nSPS) is 16.6. The van der Waals surface area contributed by atoms with Gasteiger partial charge >= 0.3 is 12.0 Å². The van der Waals surface area contributed by atoms with Gasteiger partial charge in [-0.2, -0.15) is 0 Å². The third-order valence-corrected chi connectivity index (χ3v) is 3.90. The van der Waals surface area contributed by atoms with E-state index < -0.39 is 18.0 Å². The maximum absolute atomic E-state index is 11.7. The van der Waals surface area contributed by atoms with Gasteiger partial charge < -0.3 is 20.7 Å². The standard InChI is InChI=1S/C14H22N4O3/c19-13(20)12(7-11-8-15-9-17-11)18-14(21)16-6-5-10-3-1-2-4-10/h8-10,12H,1-7H2,(H,15,17)(H,19,20)(H2,16,18,21). The maximum atomic E-state index is 11.7. The van der Waals surface area contributed by atoms with Gasteiger partial charge in [0.15, 0.2) is 0 Å². The molecule has 1 unspecified atom stereocenters. The largest absolute Gasteiger partial charge is 0.480 e. The van der Waals surface area contributed by atoms with E-state index >= 15 is 0 Å². The van der Waals surface area contributed by atoms with Crippen LogP contribution in [-0.2, 0) is 11.2 Å². The van der Waals surface area contributed by atoms with Gasteiger partial charge in [0.2, 0.25) is 0 Å². The third kappa shape index (κ3) is 5.09. The highest BCUT2D eigenvalue weighted by molar-refractivity contribution is 5.82. The fourth-order valence-electron chi connectivity index (χ4n) is 2.71. The highest BCUT2D eigenvalue weighted by atomic mass is 16.4. The van der Waals surface area contributed by atoms with Crippen LogP contribution in [0.1, 0.15) is 37.8 Å². The minimum absolute atomic E-state index is 0.186. The van der Waals surface area contributed by atoms with Crippen molar-refractivity contribution in [1.29, 1.82) is 0 Å². The molecule has 1 atom stereocenters. The lowest BCUT2D eigenvalue weighted by molar-refractivity contribution is -0.139. The molecule has 2 rings (SSSR count). The van der Waals surface area contributed by atoms with E-state index in [2.05, 4.69) is 20.6 Å². The van der Waals surface area contributed by atoms with E-state index in [0.29, 0.717) is 18.2 Å². The second kappa shape index (κ2) is 7.66. The van der Waals surface area contributed by atoms with Crippen molar-refractivity contribution in [3.63, 3.8) is 0 Å². The van der Waals surface area contributed by atoms with Gasteiger partial charge in [-0.1, -0.05) is 25.7 Å². The van der Waals surface area contributed by atoms with Gasteiger partial charge in [-0.25, -0.2) is 14.6 Å². The Kier molecular flexibility index (Phi) is 5.59. The van der Waals surface area contributed by atoms with Crippen LogP contribution in [0.3, 0.4) is 0 Å². The summed E-state index contributed by atoms with van der Waals surface area (Å²) in [4.78, 5) is 29.6. The lowest BCUT2D eigenvalue weighted by Gasteiger charge is -2.15. The van der Waals surface area contributed by atoms with Gasteiger partial charge in [-0.3, -0.25) is 0 Å². The molecule has 1 aliphatic carbocycles. The molecule has 1 aromatic rings. The van der Waals surface area contributed by atoms with Crippen LogP contribution >= 0.6 is 0 Å². The van der Waals surface area contributed by atoms with Gasteiger partial charge in [-0.15, -0.1) is 0 Å². The van der Waals surface area contributed by atoms with Crippen LogP contribution in [0.4, 0.5) is 4.79 Å². The van der Waals surface area contributed by atoms with Crippen LogP contribution in [0.5, 0.6) is 0 Å². The zero-order valence-corrected chi connectivity index (χ0v) is 12.0. The van der Waals surface area contributed by atoms with Crippen molar-refractivity contribution < 1.29 is 14.7 Å². The summed E-state index contributed by atoms with van der Waals surface area (Å²) in [6, 6.07) is -1.39. The van der Waals surface area contributed by atoms with Crippen LogP contribution in [0.25, 0.3) is 0 Å². The number of aromatic amines is 1. The van der Waals surface area contributed by atoms with Gasteiger partial charge in [0.05, 0.1) is 6.33 Å². The number of hydrogen-bond acceptors (Lipinski definition) is 3. The number of carboxylic acids is 1. The number of H-pyrrole nitrogens is 1. The van der Waals surface area contributed by atoms with Gasteiger partial charge in [-0.05, 0) is 12.3 Å². The van der Waals surface area contributed by atoms with Crippen LogP contribution < -0.4 is 10.6 Å². The van der Waals surface area contributed by atoms with E-state index in [1.54, 1.807) is 6.20 Å². The molecule has 1 aromatic heterocycles. The van der Waals surface area contributed by atoms with Crippen molar-refractivity contribution in [3.8, 4) is 0 Å². The van der Waals surface area contributed by atoms with E-state index in [1.807, 2.05) is 0 Å². The molecule has 4 N–H and O–H groups in total. The number of rotatable bonds is 7. The Bertz CT molecular complexity index is 455. The third-order valence-electron chi connectivity index (χ3n) is 3.90. The summed E-state index contributed by atoms with van der Waals surface area (Å²) in [5, 5.41) is 14.4. The van der Waals surface area contributed by atoms with Crippen molar-refractivity contribution in [1.82, 2.24) is 20.6 Å². The summed E-state index contributed by atoms with van der Waals surface area (Å²) in [6.07, 6.45) is 9.22. The van der Waals surface area contributed by atoms with E-state index in [1.165, 1.54) is 32.0 Å². The second-order valence-electron chi connectivity index (χ2n) is 5.51. The number of carboxylic acid groups (broad SMARTS) is 1. The first-order chi connectivity index (χ1) is 10.1. The Morgan fingerprint density at radius 3 is 2.81 bits per heavy atom. The smallest absolute Gasteiger partial charge is 0.326 e. The van der Waals surface area contributed by atoms with Gasteiger partial charge in [0, 0.05) is 24.9 Å². The van der Waals surface area contributed by atoms with Crippen LogP contribution in [0, 0.1) is 5.92 Å². The van der Waals surface area contributed by atoms with E-state index in [-0.39, 0.29) is 6.42 Å². The fourth-order valence-corrected chi connectivity index (χ4v) is 2.71. The summed E-state index contributed by atoms with van der Waals surface area (Å²) in [7, 11) is 0. The number of aromatic nitrogens is 2. The van der Waals surface area contributed by atoms with Crippen molar-refractivity contribution >= 4 is 12.0 Å². The Morgan fingerprint density at radius 2 is 2.19 bits per heavy atom. The number of nitrogens with one attached hydrogen (secondary N) is 3. The number of nitrogens with zero attached hydrogens (tertiary/aromatic N) is 1. The van der Waals surface area contributed by atoms with Crippen LogP contribution in [0.15, 0.2) is 12.5 Å². The lowest BCUT2D eigenvalue weighted by Crippen LogP contribution is -2.47. The minimum Gasteiger partial charge on any atom is -0.480 e. The number of carbonyl (C=O) groups excluding carboxylic acids is 1. The molecule has 0 bridgehead atoms. The predicted octanol–water partition coefficient (Wildman–Crippen LogP) is 1.28. The molecule has 7 heteroatoms. The van der Waals surface area contributed by atoms with Gasteiger partial charge in [0.25, 0.3) is 0 Å².